The Kier molecular flexibility index (Phi) is 10.1. The van der Waals surface area contributed by atoms with Crippen LogP contribution in [0.15, 0.2) is 48.5 Å². The first-order valence-corrected chi connectivity index (χ1v) is 13.0. The fraction of sp³-hybridized carbons (Fsp3) is 0.552. The molecule has 6 nitrogen and oxygen atoms in total. The van der Waals surface area contributed by atoms with E-state index in [4.69, 9.17) is 4.74 Å². The third-order valence-corrected chi connectivity index (χ3v) is 7.14. The van der Waals surface area contributed by atoms with Gasteiger partial charge in [0.25, 0.3) is 0 Å². The summed E-state index contributed by atoms with van der Waals surface area (Å²) in [7, 11) is 3.60. The number of likely N-dealkylation sites (tertiary alicyclic amines) is 1. The summed E-state index contributed by atoms with van der Waals surface area (Å²) >= 11 is 0. The Hall–Kier alpha value is -2.41. The van der Waals surface area contributed by atoms with Crippen molar-refractivity contribution in [2.45, 2.75) is 57.6 Å². The fourth-order valence-electron chi connectivity index (χ4n) is 5.34. The smallest absolute Gasteiger partial charge is 0.317 e. The van der Waals surface area contributed by atoms with Crippen LogP contribution in [0.3, 0.4) is 0 Å². The topological polar surface area (TPSA) is 73.8 Å². The third-order valence-electron chi connectivity index (χ3n) is 7.14. The number of rotatable bonds is 11. The molecule has 0 radical (unpaired) electrons. The van der Waals surface area contributed by atoms with Gasteiger partial charge in [0.2, 0.25) is 0 Å². The summed E-state index contributed by atoms with van der Waals surface area (Å²) in [6, 6.07) is 16.7. The number of aliphatic hydroxyl groups is 1. The van der Waals surface area contributed by atoms with Crippen molar-refractivity contribution >= 4 is 6.03 Å². The molecular formula is C29H43N3O3. The van der Waals surface area contributed by atoms with Crippen molar-refractivity contribution in [2.24, 2.45) is 5.92 Å². The molecule has 35 heavy (non-hydrogen) atoms. The van der Waals surface area contributed by atoms with Gasteiger partial charge in [0.15, 0.2) is 0 Å². The number of urea groups is 1. The second-order valence-electron chi connectivity index (χ2n) is 9.98. The highest BCUT2D eigenvalue weighted by Gasteiger charge is 2.42. The number of nitrogens with zero attached hydrogens (tertiary/aromatic N) is 1. The number of piperidine rings is 1. The second kappa shape index (κ2) is 13.1. The highest BCUT2D eigenvalue weighted by atomic mass is 16.5. The molecule has 1 aliphatic heterocycles. The van der Waals surface area contributed by atoms with E-state index < -0.39 is 5.60 Å². The van der Waals surface area contributed by atoms with Gasteiger partial charge in [-0.25, -0.2) is 4.79 Å². The van der Waals surface area contributed by atoms with E-state index in [0.717, 1.165) is 48.9 Å². The van der Waals surface area contributed by atoms with Crippen molar-refractivity contribution in [3.8, 4) is 11.1 Å². The first kappa shape index (κ1) is 27.2. The molecule has 0 unspecified atom stereocenters. The van der Waals surface area contributed by atoms with Crippen LogP contribution < -0.4 is 10.6 Å². The Labute approximate surface area is 211 Å². The average Bonchev–Trinajstić information content (AvgIpc) is 2.86. The standard InChI is InChI=1S/C29H43N3O3/c1-22-11-9-12-24(19-22)26-14-5-6-15-27(26)29(34,16-7-8-18-35-4)25-13-10-17-32(21-25)28(33)31-23(2)20-30-3/h5-6,9,11-12,14-15,19,23,25,30,34H,7-8,10,13,16-18,20-21H2,1-4H3,(H,31,33)/t23-,25+,29-/m0/s1. The quantitative estimate of drug-likeness (QED) is 0.407. The molecule has 1 saturated heterocycles. The number of benzene rings is 2. The van der Waals surface area contributed by atoms with Gasteiger partial charge >= 0.3 is 6.03 Å². The minimum Gasteiger partial charge on any atom is -0.385 e. The summed E-state index contributed by atoms with van der Waals surface area (Å²) in [6.45, 7) is 6.75. The monoisotopic (exact) mass is 481 g/mol. The minimum atomic E-state index is -1.04. The van der Waals surface area contributed by atoms with Gasteiger partial charge in [-0.15, -0.1) is 0 Å². The number of aryl methyl sites for hydroxylation is 1. The van der Waals surface area contributed by atoms with Crippen LogP contribution >= 0.6 is 0 Å². The highest BCUT2D eigenvalue weighted by Crippen LogP contribution is 2.43. The summed E-state index contributed by atoms with van der Waals surface area (Å²) in [5.41, 5.74) is 3.29. The van der Waals surface area contributed by atoms with E-state index in [2.05, 4.69) is 54.0 Å². The summed E-state index contributed by atoms with van der Waals surface area (Å²) in [5, 5.41) is 18.7. The highest BCUT2D eigenvalue weighted by molar-refractivity contribution is 5.74. The van der Waals surface area contributed by atoms with Crippen LogP contribution in [-0.4, -0.2) is 62.5 Å². The Bertz CT molecular complexity index is 950. The van der Waals surface area contributed by atoms with Crippen LogP contribution in [0.2, 0.25) is 0 Å². The van der Waals surface area contributed by atoms with E-state index in [1.165, 1.54) is 5.56 Å². The van der Waals surface area contributed by atoms with E-state index in [1.54, 1.807) is 7.11 Å². The number of hydrogen-bond donors (Lipinski definition) is 3. The van der Waals surface area contributed by atoms with Crippen molar-refractivity contribution < 1.29 is 14.6 Å². The van der Waals surface area contributed by atoms with E-state index in [-0.39, 0.29) is 18.0 Å². The second-order valence-corrected chi connectivity index (χ2v) is 9.98. The number of methoxy groups -OCH3 is 1. The predicted octanol–water partition coefficient (Wildman–Crippen LogP) is 4.70. The maximum Gasteiger partial charge on any atom is 0.317 e. The van der Waals surface area contributed by atoms with Crippen molar-refractivity contribution in [3.05, 3.63) is 59.7 Å². The van der Waals surface area contributed by atoms with Crippen LogP contribution in [0.5, 0.6) is 0 Å². The van der Waals surface area contributed by atoms with Gasteiger partial charge in [-0.3, -0.25) is 0 Å². The van der Waals surface area contributed by atoms with Gasteiger partial charge in [0.05, 0.1) is 5.60 Å². The normalized spacial score (nSPS) is 18.7. The van der Waals surface area contributed by atoms with E-state index in [0.29, 0.717) is 26.1 Å². The maximum atomic E-state index is 13.0. The molecule has 2 aromatic rings. The lowest BCUT2D eigenvalue weighted by molar-refractivity contribution is -0.0559. The van der Waals surface area contributed by atoms with Crippen molar-refractivity contribution in [2.75, 3.05) is 40.4 Å². The molecule has 0 aromatic heterocycles. The zero-order valence-electron chi connectivity index (χ0n) is 21.8. The molecule has 2 amide bonds. The summed E-state index contributed by atoms with van der Waals surface area (Å²) < 4.78 is 5.27. The molecule has 3 atom stereocenters. The zero-order chi connectivity index (χ0) is 25.3. The molecule has 192 valence electrons. The molecule has 0 aliphatic carbocycles. The molecule has 6 heteroatoms. The van der Waals surface area contributed by atoms with Crippen LogP contribution in [0.1, 0.15) is 50.2 Å². The number of amides is 2. The number of likely N-dealkylation sites (N-methyl/N-ethyl adjacent to an activating group) is 1. The number of ether oxygens (including phenoxy) is 1. The van der Waals surface area contributed by atoms with Crippen LogP contribution in [0, 0.1) is 12.8 Å². The molecule has 1 fully saturated rings. The molecule has 2 aromatic carbocycles. The SMILES string of the molecule is CNC[C@H](C)NC(=O)N1CCC[C@@H]([C@@](O)(CCCCOC)c2ccccc2-c2cccc(C)c2)C1. The predicted molar refractivity (Wildman–Crippen MR) is 142 cm³/mol. The van der Waals surface area contributed by atoms with E-state index >= 15 is 0 Å². The molecule has 3 N–H and O–H groups in total. The lowest BCUT2D eigenvalue weighted by Crippen LogP contribution is -2.53. The Morgan fingerprint density at radius 3 is 2.77 bits per heavy atom. The third kappa shape index (κ3) is 7.06. The summed E-state index contributed by atoms with van der Waals surface area (Å²) in [6.07, 6.45) is 4.15. The number of carbonyl (C=O) groups excluding carboxylic acids is 1. The van der Waals surface area contributed by atoms with Crippen LogP contribution in [0.4, 0.5) is 4.79 Å². The Balaban J connectivity index is 1.92. The van der Waals surface area contributed by atoms with Gasteiger partial charge in [0, 0.05) is 45.3 Å². The van der Waals surface area contributed by atoms with Gasteiger partial charge in [-0.05, 0) is 69.7 Å². The number of hydrogen-bond acceptors (Lipinski definition) is 4. The molecule has 1 aliphatic rings. The molecule has 0 saturated carbocycles. The number of carbonyl (C=O) groups is 1. The molecule has 1 heterocycles. The first-order valence-electron chi connectivity index (χ1n) is 13.0. The van der Waals surface area contributed by atoms with Crippen LogP contribution in [-0.2, 0) is 10.3 Å². The van der Waals surface area contributed by atoms with Crippen LogP contribution in [0.25, 0.3) is 11.1 Å². The van der Waals surface area contributed by atoms with Gasteiger partial charge in [0.1, 0.15) is 0 Å². The Morgan fingerprint density at radius 2 is 2.03 bits per heavy atom. The van der Waals surface area contributed by atoms with Crippen molar-refractivity contribution in [1.29, 1.82) is 0 Å². The van der Waals surface area contributed by atoms with Gasteiger partial charge < -0.3 is 25.4 Å². The zero-order valence-corrected chi connectivity index (χ0v) is 21.8. The van der Waals surface area contributed by atoms with Crippen molar-refractivity contribution in [1.82, 2.24) is 15.5 Å². The summed E-state index contributed by atoms with van der Waals surface area (Å²) in [4.78, 5) is 14.9. The largest absolute Gasteiger partial charge is 0.385 e. The van der Waals surface area contributed by atoms with Crippen molar-refractivity contribution in [3.63, 3.8) is 0 Å². The fourth-order valence-corrected chi connectivity index (χ4v) is 5.34. The molecule has 0 bridgehead atoms. The number of nitrogens with one attached hydrogen (secondary N) is 2. The molecular weight excluding hydrogens is 438 g/mol. The minimum absolute atomic E-state index is 0.0443. The van der Waals surface area contributed by atoms with E-state index in [1.807, 2.05) is 31.0 Å². The lowest BCUT2D eigenvalue weighted by atomic mass is 9.72. The number of unbranched alkanes of at least 4 members (excludes halogenated alkanes) is 1. The lowest BCUT2D eigenvalue weighted by Gasteiger charge is -2.43. The first-order chi connectivity index (χ1) is 16.9. The molecule has 3 rings (SSSR count). The van der Waals surface area contributed by atoms with Gasteiger partial charge in [-0.2, -0.15) is 0 Å². The average molecular weight is 482 g/mol. The summed E-state index contributed by atoms with van der Waals surface area (Å²) in [5.74, 6) is -0.0462. The molecule has 0 spiro atoms. The Morgan fingerprint density at radius 1 is 1.23 bits per heavy atom. The maximum absolute atomic E-state index is 13.0. The van der Waals surface area contributed by atoms with Gasteiger partial charge in [-0.1, -0.05) is 54.1 Å². The van der Waals surface area contributed by atoms with E-state index in [9.17, 15) is 9.90 Å².